The molecule has 0 unspecified atom stereocenters. The van der Waals surface area contributed by atoms with Gasteiger partial charge < -0.3 is 15.4 Å². The normalized spacial score (nSPS) is 11.4. The number of aryl methyl sites for hydroxylation is 1. The molecule has 0 saturated carbocycles. The van der Waals surface area contributed by atoms with Crippen LogP contribution >= 0.6 is 12.2 Å². The number of nitrogens with zero attached hydrogens (tertiary/aromatic N) is 2. The molecule has 6 heteroatoms. The molecule has 2 N–H and O–H groups in total. The van der Waals surface area contributed by atoms with E-state index in [0.29, 0.717) is 5.11 Å². The summed E-state index contributed by atoms with van der Waals surface area (Å²) in [6.07, 6.45) is 4.62. The molecule has 0 fully saturated rings. The molecule has 0 spiro atoms. The Morgan fingerprint density at radius 1 is 1.07 bits per heavy atom. The average Bonchev–Trinajstić information content (AvgIpc) is 3.19. The van der Waals surface area contributed by atoms with Gasteiger partial charge in [-0.25, -0.2) is 0 Å². The third-order valence-corrected chi connectivity index (χ3v) is 5.15. The van der Waals surface area contributed by atoms with Crippen molar-refractivity contribution in [1.29, 1.82) is 0 Å². The number of hydrogen-bond donors (Lipinski definition) is 2. The Bertz CT molecular complexity index is 869. The molecular weight excluding hydrogens is 380 g/mol. The van der Waals surface area contributed by atoms with E-state index >= 15 is 0 Å². The lowest BCUT2D eigenvalue weighted by atomic mass is 9.99. The fourth-order valence-corrected chi connectivity index (χ4v) is 3.22. The molecule has 0 amide bonds. The van der Waals surface area contributed by atoms with E-state index in [1.54, 1.807) is 13.3 Å². The summed E-state index contributed by atoms with van der Waals surface area (Å²) in [6, 6.07) is 20.5. The van der Waals surface area contributed by atoms with Gasteiger partial charge in [0.2, 0.25) is 0 Å². The van der Waals surface area contributed by atoms with Crippen LogP contribution in [-0.2, 0) is 11.3 Å². The van der Waals surface area contributed by atoms with Crippen LogP contribution < -0.4 is 10.6 Å². The molecule has 1 aromatic heterocycles. The summed E-state index contributed by atoms with van der Waals surface area (Å²) in [7, 11) is 1.73. The second kappa shape index (κ2) is 9.67. The minimum absolute atomic E-state index is 0.0325. The van der Waals surface area contributed by atoms with Gasteiger partial charge in [0.05, 0.1) is 23.5 Å². The molecule has 3 rings (SSSR count). The maximum absolute atomic E-state index is 5.58. The summed E-state index contributed by atoms with van der Waals surface area (Å²) >= 11 is 5.58. The maximum Gasteiger partial charge on any atom is 0.171 e. The van der Waals surface area contributed by atoms with Crippen LogP contribution in [0.3, 0.4) is 0 Å². The molecule has 29 heavy (non-hydrogen) atoms. The van der Waals surface area contributed by atoms with Gasteiger partial charge in [-0.15, -0.1) is 0 Å². The van der Waals surface area contributed by atoms with E-state index in [1.807, 2.05) is 47.3 Å². The van der Waals surface area contributed by atoms with E-state index < -0.39 is 0 Å². The smallest absolute Gasteiger partial charge is 0.171 e. The van der Waals surface area contributed by atoms with E-state index in [-0.39, 0.29) is 11.6 Å². The van der Waals surface area contributed by atoms with Crippen LogP contribution in [0, 0.1) is 0 Å². The third kappa shape index (κ3) is 6.14. The van der Waals surface area contributed by atoms with Crippen molar-refractivity contribution in [1.82, 2.24) is 15.1 Å². The number of hydrogen-bond acceptors (Lipinski definition) is 3. The number of rotatable bonds is 8. The van der Waals surface area contributed by atoms with E-state index in [9.17, 15) is 0 Å². The van der Waals surface area contributed by atoms with Crippen LogP contribution in [0.5, 0.6) is 0 Å². The first kappa shape index (κ1) is 21.0. The summed E-state index contributed by atoms with van der Waals surface area (Å²) in [5.41, 5.74) is 2.99. The van der Waals surface area contributed by atoms with Gasteiger partial charge in [0.25, 0.3) is 0 Å². The summed E-state index contributed by atoms with van der Waals surface area (Å²) in [6.45, 7) is 4.92. The van der Waals surface area contributed by atoms with Crippen LogP contribution in [0.4, 0.5) is 5.69 Å². The number of thiocarbonyl (C=S) groups is 1. The maximum atomic E-state index is 5.58. The van der Waals surface area contributed by atoms with Crippen molar-refractivity contribution in [3.8, 4) is 0 Å². The van der Waals surface area contributed by atoms with E-state index in [0.717, 1.165) is 29.8 Å². The number of anilines is 1. The summed E-state index contributed by atoms with van der Waals surface area (Å²) in [4.78, 5) is 0. The molecule has 0 atom stereocenters. The largest absolute Gasteiger partial charge is 0.379 e. The minimum atomic E-state index is -0.172. The highest BCUT2D eigenvalue weighted by molar-refractivity contribution is 7.80. The number of methoxy groups -OCH3 is 1. The zero-order valence-corrected chi connectivity index (χ0v) is 17.9. The van der Waals surface area contributed by atoms with Gasteiger partial charge in [0, 0.05) is 19.9 Å². The predicted octanol–water partition coefficient (Wildman–Crippen LogP) is 4.77. The van der Waals surface area contributed by atoms with Gasteiger partial charge >= 0.3 is 0 Å². The lowest BCUT2D eigenvalue weighted by Gasteiger charge is -2.22. The van der Waals surface area contributed by atoms with Crippen molar-refractivity contribution in [2.24, 2.45) is 0 Å². The number of aromatic nitrogens is 2. The number of benzene rings is 2. The fourth-order valence-electron chi connectivity index (χ4n) is 2.98. The van der Waals surface area contributed by atoms with Crippen LogP contribution in [0.25, 0.3) is 0 Å². The van der Waals surface area contributed by atoms with Crippen LogP contribution in [-0.4, -0.2) is 27.6 Å². The van der Waals surface area contributed by atoms with Crippen molar-refractivity contribution < 1.29 is 4.74 Å². The highest BCUT2D eigenvalue weighted by atomic mass is 32.1. The second-order valence-electron chi connectivity index (χ2n) is 7.56. The molecule has 0 aliphatic rings. The molecule has 0 aliphatic carbocycles. The SMILES string of the molecule is COC(C)(C)CCn1cc(NC(=S)NC(c2ccccc2)c2ccccc2)cn1. The van der Waals surface area contributed by atoms with Crippen molar-refractivity contribution in [3.63, 3.8) is 0 Å². The third-order valence-electron chi connectivity index (χ3n) is 4.93. The standard InChI is InChI=1S/C23H28N4OS/c1-23(2,28-3)14-15-27-17-20(16-24-27)25-22(29)26-21(18-10-6-4-7-11-18)19-12-8-5-9-13-19/h4-13,16-17,21H,14-15H2,1-3H3,(H2,25,26,29). The second-order valence-corrected chi connectivity index (χ2v) is 7.97. The van der Waals surface area contributed by atoms with Crippen molar-refractivity contribution in [3.05, 3.63) is 84.2 Å². The molecule has 5 nitrogen and oxygen atoms in total. The quantitative estimate of drug-likeness (QED) is 0.526. The Balaban J connectivity index is 1.65. The first-order valence-corrected chi connectivity index (χ1v) is 10.1. The van der Waals surface area contributed by atoms with Crippen molar-refractivity contribution >= 4 is 23.0 Å². The Morgan fingerprint density at radius 3 is 2.21 bits per heavy atom. The zero-order valence-electron chi connectivity index (χ0n) is 17.1. The zero-order chi connectivity index (χ0) is 20.7. The van der Waals surface area contributed by atoms with Gasteiger partial charge in [-0.3, -0.25) is 4.68 Å². The fraction of sp³-hybridized carbons (Fsp3) is 0.304. The Kier molecular flexibility index (Phi) is 7.01. The monoisotopic (exact) mass is 408 g/mol. The van der Waals surface area contributed by atoms with Gasteiger partial charge in [0.15, 0.2) is 5.11 Å². The molecule has 152 valence electrons. The van der Waals surface area contributed by atoms with Crippen LogP contribution in [0.2, 0.25) is 0 Å². The average molecular weight is 409 g/mol. The molecule has 0 aliphatic heterocycles. The number of ether oxygens (including phenoxy) is 1. The van der Waals surface area contributed by atoms with Crippen molar-refractivity contribution in [2.75, 3.05) is 12.4 Å². The first-order valence-electron chi connectivity index (χ1n) is 9.72. The first-order chi connectivity index (χ1) is 14.0. The molecule has 1 heterocycles. The van der Waals surface area contributed by atoms with Crippen molar-refractivity contribution in [2.45, 2.75) is 38.5 Å². The van der Waals surface area contributed by atoms with Crippen LogP contribution in [0.15, 0.2) is 73.1 Å². The Labute approximate surface area is 178 Å². The lowest BCUT2D eigenvalue weighted by Crippen LogP contribution is -2.32. The molecular formula is C23H28N4OS. The van der Waals surface area contributed by atoms with Gasteiger partial charge in [-0.1, -0.05) is 60.7 Å². The van der Waals surface area contributed by atoms with Gasteiger partial charge in [-0.05, 0) is 43.6 Å². The van der Waals surface area contributed by atoms with Gasteiger partial charge in [-0.2, -0.15) is 5.10 Å². The molecule has 0 bridgehead atoms. The Hall–Kier alpha value is -2.70. The van der Waals surface area contributed by atoms with E-state index in [2.05, 4.69) is 53.8 Å². The minimum Gasteiger partial charge on any atom is -0.379 e. The summed E-state index contributed by atoms with van der Waals surface area (Å²) in [5.74, 6) is 0. The molecule has 0 radical (unpaired) electrons. The molecule has 0 saturated heterocycles. The Morgan fingerprint density at radius 2 is 1.66 bits per heavy atom. The topological polar surface area (TPSA) is 51.1 Å². The summed E-state index contributed by atoms with van der Waals surface area (Å²) < 4.78 is 7.37. The molecule has 3 aromatic rings. The van der Waals surface area contributed by atoms with Crippen LogP contribution in [0.1, 0.15) is 37.4 Å². The van der Waals surface area contributed by atoms with Gasteiger partial charge in [0.1, 0.15) is 0 Å². The highest BCUT2D eigenvalue weighted by Crippen LogP contribution is 2.22. The lowest BCUT2D eigenvalue weighted by molar-refractivity contribution is 0.0113. The highest BCUT2D eigenvalue weighted by Gasteiger charge is 2.17. The number of nitrogens with one attached hydrogen (secondary N) is 2. The predicted molar refractivity (Wildman–Crippen MR) is 122 cm³/mol. The molecule has 2 aromatic carbocycles. The van der Waals surface area contributed by atoms with E-state index in [4.69, 9.17) is 17.0 Å². The van der Waals surface area contributed by atoms with E-state index in [1.165, 1.54) is 0 Å². The summed E-state index contributed by atoms with van der Waals surface area (Å²) in [5, 5.41) is 11.7.